The number of nitrogens with zero attached hydrogens (tertiary/aromatic N) is 1. The van der Waals surface area contributed by atoms with Gasteiger partial charge in [0.2, 0.25) is 12.2 Å². The van der Waals surface area contributed by atoms with Crippen molar-refractivity contribution in [2.24, 2.45) is 0 Å². The van der Waals surface area contributed by atoms with Crippen LogP contribution in [0.3, 0.4) is 0 Å². The van der Waals surface area contributed by atoms with Crippen molar-refractivity contribution in [1.82, 2.24) is 4.90 Å². The Balaban J connectivity index is 1.23. The lowest BCUT2D eigenvalue weighted by Gasteiger charge is -2.47. The number of alkyl halides is 3. The van der Waals surface area contributed by atoms with Crippen LogP contribution in [0.5, 0.6) is 0 Å². The van der Waals surface area contributed by atoms with Crippen molar-refractivity contribution in [2.45, 2.75) is 67.4 Å². The zero-order valence-electron chi connectivity index (χ0n) is 30.9. The number of carbonyl (C=O) groups excluding carboxylic acids is 3. The van der Waals surface area contributed by atoms with Crippen molar-refractivity contribution in [3.63, 3.8) is 0 Å². The molecule has 57 heavy (non-hydrogen) atoms. The van der Waals surface area contributed by atoms with Crippen LogP contribution in [0.25, 0.3) is 11.1 Å². The molecule has 4 aromatic rings. The molecule has 1 saturated heterocycles. The first-order chi connectivity index (χ1) is 27.4. The lowest BCUT2D eigenvalue weighted by molar-refractivity contribution is -0.276. The third-order valence-electron chi connectivity index (χ3n) is 10.3. The van der Waals surface area contributed by atoms with Crippen LogP contribution in [-0.4, -0.2) is 76.4 Å². The van der Waals surface area contributed by atoms with Crippen LogP contribution in [0.4, 0.5) is 4.79 Å². The summed E-state index contributed by atoms with van der Waals surface area (Å²) in [5, 5.41) is 8.46. The quantitative estimate of drug-likeness (QED) is 0.0492. The first-order valence-electron chi connectivity index (χ1n) is 18.2. The molecule has 0 radical (unpaired) electrons. The van der Waals surface area contributed by atoms with Gasteiger partial charge in [0.25, 0.3) is 15.6 Å². The zero-order valence-corrected chi connectivity index (χ0v) is 33.2. The number of rotatable bonds is 12. The summed E-state index contributed by atoms with van der Waals surface area (Å²) in [4.78, 5) is 42.6. The largest absolute Gasteiger partial charge is 0.508 e. The molecule has 0 unspecified atom stereocenters. The van der Waals surface area contributed by atoms with E-state index >= 15 is 0 Å². The number of halogens is 3. The summed E-state index contributed by atoms with van der Waals surface area (Å²) in [5.74, 6) is -2.43. The lowest BCUT2D eigenvalue weighted by Crippen LogP contribution is -2.68. The van der Waals surface area contributed by atoms with E-state index < -0.39 is 58.3 Å². The summed E-state index contributed by atoms with van der Waals surface area (Å²) in [6.45, 7) is 2.88. The van der Waals surface area contributed by atoms with Crippen LogP contribution in [0, 0.1) is 5.41 Å². The summed E-state index contributed by atoms with van der Waals surface area (Å²) >= 11 is 18.2. The summed E-state index contributed by atoms with van der Waals surface area (Å²) < 4.78 is 34.6. The maximum absolute atomic E-state index is 13.9. The first-order valence-corrected chi connectivity index (χ1v) is 19.4. The van der Waals surface area contributed by atoms with Crippen molar-refractivity contribution >= 4 is 58.7 Å². The molecule has 3 aliphatic rings. The topological polar surface area (TPSA) is 134 Å². The number of imide groups is 1. The van der Waals surface area contributed by atoms with Crippen LogP contribution in [0.15, 0.2) is 120 Å². The monoisotopic (exact) mass is 832 g/mol. The van der Waals surface area contributed by atoms with Gasteiger partial charge in [-0.05, 0) is 47.2 Å². The van der Waals surface area contributed by atoms with Gasteiger partial charge in [0.05, 0.1) is 19.8 Å². The molecule has 0 bridgehead atoms. The predicted molar refractivity (Wildman–Crippen MR) is 213 cm³/mol. The van der Waals surface area contributed by atoms with Gasteiger partial charge in [-0.15, -0.1) is 0 Å². The Morgan fingerprint density at radius 3 is 1.81 bits per heavy atom. The highest BCUT2D eigenvalue weighted by Gasteiger charge is 2.57. The van der Waals surface area contributed by atoms with Gasteiger partial charge in [-0.1, -0.05) is 144 Å². The maximum atomic E-state index is 13.9. The molecule has 0 aromatic heterocycles. The fourth-order valence-electron chi connectivity index (χ4n) is 7.33. The van der Waals surface area contributed by atoms with Gasteiger partial charge in [-0.2, -0.15) is 0 Å². The van der Waals surface area contributed by atoms with E-state index in [0.717, 1.165) is 38.3 Å². The van der Waals surface area contributed by atoms with Gasteiger partial charge in [-0.25, -0.2) is 4.79 Å². The smallest absolute Gasteiger partial charge is 0.446 e. The number of hydrogen-bond donors (Lipinski definition) is 1. The van der Waals surface area contributed by atoms with Crippen LogP contribution in [0.2, 0.25) is 0 Å². The fraction of sp³-hybridized carbons (Fsp3) is 0.302. The average molecular weight is 834 g/mol. The number of benzene rings is 4. The Bertz CT molecular complexity index is 2090. The van der Waals surface area contributed by atoms with Crippen molar-refractivity contribution in [2.75, 3.05) is 13.2 Å². The van der Waals surface area contributed by atoms with Crippen molar-refractivity contribution < 1.29 is 42.8 Å². The standard InChI is InChI=1S/C43H39Cl3N2O9/c1-25-26(2)39(50)48(38(25)49)35-37(53-22-28-15-7-4-8-16-28)36(34(24-52-21-27-13-5-3-6-14-27)55-40(35)57-41(47)43(44,45)46)56-42(51)54-23-33-31-19-11-9-17-29(31)30-18-10-12-20-32(30)33/h3-20,33-37,40,47H,21-24H2,1-2H3/t34-,35-,36-,37-,40+/m1/s1. The number of nitrogens with one attached hydrogen (secondary N) is 1. The summed E-state index contributed by atoms with van der Waals surface area (Å²) in [7, 11) is 0. The molecule has 14 heteroatoms. The van der Waals surface area contributed by atoms with Gasteiger partial charge in [-0.3, -0.25) is 19.9 Å². The van der Waals surface area contributed by atoms with Gasteiger partial charge in [0.15, 0.2) is 6.10 Å². The molecular weight excluding hydrogens is 795 g/mol. The van der Waals surface area contributed by atoms with E-state index in [2.05, 4.69) is 0 Å². The summed E-state index contributed by atoms with van der Waals surface area (Å²) in [5.41, 5.74) is 6.06. The number of fused-ring (bicyclic) bond motifs is 3. The molecule has 1 fully saturated rings. The second-order valence-electron chi connectivity index (χ2n) is 13.8. The van der Waals surface area contributed by atoms with E-state index in [1.807, 2.05) is 109 Å². The molecule has 1 N–H and O–H groups in total. The van der Waals surface area contributed by atoms with E-state index in [9.17, 15) is 14.4 Å². The minimum atomic E-state index is -2.34. The minimum Gasteiger partial charge on any atom is -0.446 e. The van der Waals surface area contributed by atoms with Crippen LogP contribution in [0.1, 0.15) is 42.0 Å². The Labute approximate surface area is 344 Å². The SMILES string of the molecule is CC1=C(C)C(=O)N([C@H]2[C@H](OC(=N)C(Cl)(Cl)Cl)O[C@H](COCc3ccccc3)[C@@H](OC(=O)OCC3c4ccccc4-c4ccccc43)[C@@H]2OCc2ccccc2)C1=O. The van der Waals surface area contributed by atoms with Gasteiger partial charge in [0.1, 0.15) is 24.9 Å². The summed E-state index contributed by atoms with van der Waals surface area (Å²) in [6, 6.07) is 32.9. The molecule has 296 valence electrons. The Hall–Kier alpha value is -4.75. The second-order valence-corrected chi connectivity index (χ2v) is 16.1. The third kappa shape index (κ3) is 8.74. The van der Waals surface area contributed by atoms with E-state index in [0.29, 0.717) is 0 Å². The molecule has 1 aliphatic carbocycles. The lowest BCUT2D eigenvalue weighted by atomic mass is 9.94. The molecule has 0 spiro atoms. The fourth-order valence-corrected chi connectivity index (χ4v) is 7.46. The number of carbonyl (C=O) groups is 3. The molecule has 2 heterocycles. The second kappa shape index (κ2) is 17.4. The third-order valence-corrected chi connectivity index (χ3v) is 10.8. The van der Waals surface area contributed by atoms with E-state index in [1.54, 1.807) is 0 Å². The van der Waals surface area contributed by atoms with E-state index in [1.165, 1.54) is 13.8 Å². The van der Waals surface area contributed by atoms with E-state index in [4.69, 9.17) is 68.6 Å². The minimum absolute atomic E-state index is 0.0495. The predicted octanol–water partition coefficient (Wildman–Crippen LogP) is 8.29. The van der Waals surface area contributed by atoms with Gasteiger partial charge in [0, 0.05) is 17.1 Å². The van der Waals surface area contributed by atoms with Crippen molar-refractivity contribution in [1.29, 1.82) is 5.41 Å². The van der Waals surface area contributed by atoms with Crippen LogP contribution < -0.4 is 0 Å². The molecule has 7 rings (SSSR count). The normalized spacial score (nSPS) is 22.0. The number of hydrogen-bond acceptors (Lipinski definition) is 10. The molecule has 0 saturated carbocycles. The summed E-state index contributed by atoms with van der Waals surface area (Å²) in [6.07, 6.45) is -6.59. The van der Waals surface area contributed by atoms with Crippen LogP contribution in [-0.2, 0) is 51.2 Å². The number of ether oxygens (including phenoxy) is 6. The van der Waals surface area contributed by atoms with E-state index in [-0.39, 0.29) is 43.5 Å². The Morgan fingerprint density at radius 1 is 0.719 bits per heavy atom. The highest BCUT2D eigenvalue weighted by Crippen LogP contribution is 2.45. The Morgan fingerprint density at radius 2 is 1.25 bits per heavy atom. The zero-order chi connectivity index (χ0) is 40.3. The maximum Gasteiger partial charge on any atom is 0.508 e. The highest BCUT2D eigenvalue weighted by molar-refractivity contribution is 6.76. The molecule has 2 aliphatic heterocycles. The molecule has 4 aromatic carbocycles. The van der Waals surface area contributed by atoms with Crippen molar-refractivity contribution in [3.8, 4) is 11.1 Å². The first kappa shape index (κ1) is 40.4. The van der Waals surface area contributed by atoms with Crippen LogP contribution >= 0.6 is 34.8 Å². The number of amides is 2. The van der Waals surface area contributed by atoms with Crippen molar-refractivity contribution in [3.05, 3.63) is 143 Å². The highest BCUT2D eigenvalue weighted by atomic mass is 35.6. The Kier molecular flexibility index (Phi) is 12.3. The average Bonchev–Trinajstić information content (AvgIpc) is 3.63. The van der Waals surface area contributed by atoms with Gasteiger partial charge >= 0.3 is 6.16 Å². The molecule has 2 amide bonds. The molecular formula is C43H39Cl3N2O9. The molecule has 11 nitrogen and oxygen atoms in total. The van der Waals surface area contributed by atoms with Gasteiger partial charge < -0.3 is 28.4 Å². The molecule has 5 atom stereocenters.